The quantitative estimate of drug-likeness (QED) is 0.678. The minimum atomic E-state index is -0.310. The fraction of sp³-hybridized carbons (Fsp3) is 0.500. The highest BCUT2D eigenvalue weighted by atomic mass is 16.5. The molecule has 1 unspecified atom stereocenters. The van der Waals surface area contributed by atoms with E-state index in [-0.39, 0.29) is 30.0 Å². The van der Waals surface area contributed by atoms with Gasteiger partial charge in [0.2, 0.25) is 0 Å². The molecule has 32 heavy (non-hydrogen) atoms. The van der Waals surface area contributed by atoms with Crippen molar-refractivity contribution in [2.24, 2.45) is 5.92 Å². The van der Waals surface area contributed by atoms with Gasteiger partial charge in [-0.15, -0.1) is 6.58 Å². The standard InChI is InChI=1S/C23H30N2O4.C3H6/c1-13(2)25-18-11-20(26)21(28-4)10-17(18)22(27)24-12-16-8-14(3)6-7-15(16)9-19(24)23(25)29-5;1-3-2/h6-7,10-11,13-14,19,23,26H,8-9,12H2,1-5H3;3H,1H2,2H3/t14?,19-,23-;/m0./s1. The number of nitrogens with zero attached hydrogens (tertiary/aromatic N) is 2. The maximum Gasteiger partial charge on any atom is 0.256 e. The normalized spacial score (nSPS) is 24.2. The van der Waals surface area contributed by atoms with E-state index in [2.05, 4.69) is 44.4 Å². The number of benzene rings is 1. The molecule has 0 radical (unpaired) electrons. The van der Waals surface area contributed by atoms with Crippen molar-refractivity contribution >= 4 is 11.6 Å². The smallest absolute Gasteiger partial charge is 0.256 e. The number of aromatic hydroxyl groups is 1. The van der Waals surface area contributed by atoms with Gasteiger partial charge in [0.25, 0.3) is 5.91 Å². The number of methoxy groups -OCH3 is 2. The number of phenolic OH excluding ortho intramolecular Hbond substituents is 1. The van der Waals surface area contributed by atoms with Crippen LogP contribution in [-0.2, 0) is 4.74 Å². The third kappa shape index (κ3) is 4.29. The molecule has 174 valence electrons. The van der Waals surface area contributed by atoms with Gasteiger partial charge in [-0.05, 0) is 56.7 Å². The number of hydrogen-bond acceptors (Lipinski definition) is 5. The van der Waals surface area contributed by atoms with Gasteiger partial charge in [-0.3, -0.25) is 4.79 Å². The molecule has 1 amide bonds. The molecule has 6 nitrogen and oxygen atoms in total. The number of hydrogen-bond donors (Lipinski definition) is 1. The molecule has 1 N–H and O–H groups in total. The number of amides is 1. The maximum absolute atomic E-state index is 13.7. The Morgan fingerprint density at radius 1 is 1.25 bits per heavy atom. The van der Waals surface area contributed by atoms with Gasteiger partial charge < -0.3 is 24.4 Å². The third-order valence-corrected chi connectivity index (χ3v) is 6.31. The second-order valence-corrected chi connectivity index (χ2v) is 8.95. The van der Waals surface area contributed by atoms with E-state index in [1.807, 2.05) is 11.8 Å². The molecule has 1 aromatic rings. The average molecular weight is 441 g/mol. The molecule has 0 fully saturated rings. The van der Waals surface area contributed by atoms with Crippen molar-refractivity contribution in [2.45, 2.75) is 58.8 Å². The fourth-order valence-electron chi connectivity index (χ4n) is 4.93. The van der Waals surface area contributed by atoms with Gasteiger partial charge in [0.15, 0.2) is 17.7 Å². The van der Waals surface area contributed by atoms with Crippen LogP contribution in [0.15, 0.2) is 48.1 Å². The highest BCUT2D eigenvalue weighted by Crippen LogP contribution is 2.43. The SMILES string of the molecule is C=CC.COc1cc2c(cc1O)N(C(C)C)[C@@H](OC)[C@@H]1CC3=C(CC(C)C=C3)CN1C2=O. The summed E-state index contributed by atoms with van der Waals surface area (Å²) < 4.78 is 11.3. The molecule has 2 aliphatic heterocycles. The molecule has 4 rings (SSSR count). The number of ether oxygens (including phenoxy) is 2. The Hall–Kier alpha value is -2.73. The predicted octanol–water partition coefficient (Wildman–Crippen LogP) is 4.90. The second-order valence-electron chi connectivity index (χ2n) is 8.95. The predicted molar refractivity (Wildman–Crippen MR) is 128 cm³/mol. The topological polar surface area (TPSA) is 62.2 Å². The molecule has 6 heteroatoms. The lowest BCUT2D eigenvalue weighted by Crippen LogP contribution is -2.56. The molecule has 1 aliphatic carbocycles. The van der Waals surface area contributed by atoms with Crippen molar-refractivity contribution in [2.75, 3.05) is 25.7 Å². The van der Waals surface area contributed by atoms with Gasteiger partial charge in [-0.1, -0.05) is 25.2 Å². The van der Waals surface area contributed by atoms with Crippen LogP contribution in [0.3, 0.4) is 0 Å². The van der Waals surface area contributed by atoms with Crippen LogP contribution < -0.4 is 9.64 Å². The van der Waals surface area contributed by atoms with Gasteiger partial charge >= 0.3 is 0 Å². The van der Waals surface area contributed by atoms with Gasteiger partial charge in [-0.25, -0.2) is 0 Å². The van der Waals surface area contributed by atoms with Crippen molar-refractivity contribution < 1.29 is 19.4 Å². The van der Waals surface area contributed by atoms with Crippen LogP contribution in [0, 0.1) is 5.92 Å². The first-order valence-corrected chi connectivity index (χ1v) is 11.3. The van der Waals surface area contributed by atoms with E-state index in [0.29, 0.717) is 29.5 Å². The number of allylic oxidation sites excluding steroid dienone is 3. The van der Waals surface area contributed by atoms with Crippen LogP contribution in [0.5, 0.6) is 11.5 Å². The van der Waals surface area contributed by atoms with Gasteiger partial charge in [0.05, 0.1) is 24.4 Å². The second kappa shape index (κ2) is 9.82. The fourth-order valence-corrected chi connectivity index (χ4v) is 4.93. The Balaban J connectivity index is 0.000000913. The molecular formula is C26H36N2O4. The Morgan fingerprint density at radius 3 is 2.53 bits per heavy atom. The number of fused-ring (bicyclic) bond motifs is 2. The molecule has 0 bridgehead atoms. The van der Waals surface area contributed by atoms with E-state index >= 15 is 0 Å². The van der Waals surface area contributed by atoms with Crippen molar-refractivity contribution in [3.05, 3.63) is 53.6 Å². The highest BCUT2D eigenvalue weighted by molar-refractivity contribution is 6.02. The molecule has 0 saturated carbocycles. The van der Waals surface area contributed by atoms with Gasteiger partial charge in [-0.2, -0.15) is 0 Å². The zero-order valence-corrected chi connectivity index (χ0v) is 20.1. The monoisotopic (exact) mass is 440 g/mol. The summed E-state index contributed by atoms with van der Waals surface area (Å²) in [6.45, 7) is 12.2. The number of carbonyl (C=O) groups excluding carboxylic acids is 1. The lowest BCUT2D eigenvalue weighted by atomic mass is 9.83. The minimum Gasteiger partial charge on any atom is -0.504 e. The van der Waals surface area contributed by atoms with E-state index in [0.717, 1.165) is 12.8 Å². The Morgan fingerprint density at radius 2 is 1.94 bits per heavy atom. The van der Waals surface area contributed by atoms with Crippen molar-refractivity contribution in [3.8, 4) is 11.5 Å². The number of phenols is 1. The summed E-state index contributed by atoms with van der Waals surface area (Å²) in [6.07, 6.45) is 7.68. The molecular weight excluding hydrogens is 404 g/mol. The summed E-state index contributed by atoms with van der Waals surface area (Å²) in [4.78, 5) is 17.8. The zero-order valence-electron chi connectivity index (χ0n) is 20.1. The summed E-state index contributed by atoms with van der Waals surface area (Å²) in [5.41, 5.74) is 3.90. The Bertz CT molecular complexity index is 934. The zero-order chi connectivity index (χ0) is 23.6. The van der Waals surface area contributed by atoms with E-state index < -0.39 is 0 Å². The molecule has 2 heterocycles. The van der Waals surface area contributed by atoms with E-state index in [1.54, 1.807) is 25.3 Å². The van der Waals surface area contributed by atoms with E-state index in [1.165, 1.54) is 18.3 Å². The number of rotatable bonds is 3. The Labute approximate surface area is 191 Å². The van der Waals surface area contributed by atoms with Crippen molar-refractivity contribution in [1.29, 1.82) is 0 Å². The molecule has 1 aromatic carbocycles. The molecule has 0 saturated heterocycles. The van der Waals surface area contributed by atoms with E-state index in [9.17, 15) is 9.90 Å². The maximum atomic E-state index is 13.7. The molecule has 3 aliphatic rings. The van der Waals surface area contributed by atoms with Crippen molar-refractivity contribution in [3.63, 3.8) is 0 Å². The van der Waals surface area contributed by atoms with E-state index in [4.69, 9.17) is 9.47 Å². The molecule has 0 aromatic heterocycles. The lowest BCUT2D eigenvalue weighted by Gasteiger charge is -2.44. The van der Waals surface area contributed by atoms with Gasteiger partial charge in [0.1, 0.15) is 0 Å². The van der Waals surface area contributed by atoms with Crippen LogP contribution in [0.25, 0.3) is 0 Å². The first kappa shape index (κ1) is 23.9. The minimum absolute atomic E-state index is 0.0219. The first-order valence-electron chi connectivity index (χ1n) is 11.3. The number of carbonyl (C=O) groups is 1. The summed E-state index contributed by atoms with van der Waals surface area (Å²) in [5.74, 6) is 0.775. The van der Waals surface area contributed by atoms with Crippen LogP contribution >= 0.6 is 0 Å². The average Bonchev–Trinajstić information content (AvgIpc) is 2.85. The van der Waals surface area contributed by atoms with Crippen LogP contribution in [0.2, 0.25) is 0 Å². The summed E-state index contributed by atoms with van der Waals surface area (Å²) in [6, 6.07) is 3.26. The van der Waals surface area contributed by atoms with Crippen LogP contribution in [-0.4, -0.2) is 55.0 Å². The lowest BCUT2D eigenvalue weighted by molar-refractivity contribution is 0.0121. The van der Waals surface area contributed by atoms with Crippen molar-refractivity contribution in [1.82, 2.24) is 4.90 Å². The first-order chi connectivity index (χ1) is 15.3. The highest BCUT2D eigenvalue weighted by Gasteiger charge is 2.44. The summed E-state index contributed by atoms with van der Waals surface area (Å²) in [5, 5.41) is 10.4. The number of anilines is 1. The van der Waals surface area contributed by atoms with Crippen LogP contribution in [0.4, 0.5) is 5.69 Å². The van der Waals surface area contributed by atoms with Crippen LogP contribution in [0.1, 0.15) is 50.9 Å². The summed E-state index contributed by atoms with van der Waals surface area (Å²) in [7, 11) is 3.19. The Kier molecular flexibility index (Phi) is 7.34. The summed E-state index contributed by atoms with van der Waals surface area (Å²) >= 11 is 0. The molecule has 3 atom stereocenters. The van der Waals surface area contributed by atoms with Gasteiger partial charge in [0, 0.05) is 25.8 Å². The third-order valence-electron chi connectivity index (χ3n) is 6.31. The largest absolute Gasteiger partial charge is 0.504 e. The molecule has 0 spiro atoms.